The molecule has 0 aromatic carbocycles. The van der Waals surface area contributed by atoms with Gasteiger partial charge in [0.2, 0.25) is 0 Å². The van der Waals surface area contributed by atoms with Crippen molar-refractivity contribution in [1.82, 2.24) is 4.37 Å². The molecule has 6 heavy (non-hydrogen) atoms. The van der Waals surface area contributed by atoms with Crippen molar-refractivity contribution in [2.75, 3.05) is 0 Å². The zero-order chi connectivity index (χ0) is 3.54. The number of hydrogen-bond donors (Lipinski definition) is 0. The third-order valence-corrected chi connectivity index (χ3v) is 0.777. The number of rotatable bonds is 0. The maximum Gasteiger partial charge on any atom is 1.00 e. The minimum atomic E-state index is 0. The predicted molar refractivity (Wildman–Crippen MR) is 20.9 cm³/mol. The van der Waals surface area contributed by atoms with Crippen LogP contribution < -0.4 is 18.9 Å². The van der Waals surface area contributed by atoms with E-state index in [1.807, 2.05) is 0 Å². The Morgan fingerprint density at radius 3 is 2.67 bits per heavy atom. The summed E-state index contributed by atoms with van der Waals surface area (Å²) >= 11 is 1.34. The third kappa shape index (κ3) is 1.61. The summed E-state index contributed by atoms with van der Waals surface area (Å²) in [5, 5.41) is 2.79. The summed E-state index contributed by atoms with van der Waals surface area (Å²) < 4.78 is 3.71. The van der Waals surface area contributed by atoms with Gasteiger partial charge in [-0.2, -0.15) is 16.9 Å². The monoisotopic (exact) mass is 91.0 g/mol. The Hall–Kier alpha value is 0.227. The van der Waals surface area contributed by atoms with Gasteiger partial charge in [-0.3, -0.25) is 0 Å². The van der Waals surface area contributed by atoms with Crippen molar-refractivity contribution in [1.29, 1.82) is 0 Å². The molecule has 0 spiro atoms. The molecule has 3 heteroatoms. The predicted octanol–water partition coefficient (Wildman–Crippen LogP) is -2.05. The SMILES string of the molecule is [Li+].[c-]1ccns1. The Morgan fingerprint density at radius 1 is 1.67 bits per heavy atom. The second kappa shape index (κ2) is 3.42. The van der Waals surface area contributed by atoms with Crippen LogP contribution in [-0.4, -0.2) is 4.37 Å². The van der Waals surface area contributed by atoms with Gasteiger partial charge in [0.15, 0.2) is 0 Å². The molecular weight excluding hydrogens is 89.0 g/mol. The first kappa shape index (κ1) is 6.23. The molecule has 0 saturated carbocycles. The molecule has 1 aromatic rings. The Bertz CT molecular complexity index is 67.3. The number of hydrogen-bond acceptors (Lipinski definition) is 2. The molecule has 26 valence electrons. The minimum absolute atomic E-state index is 0. The molecule has 1 nitrogen and oxygen atoms in total. The van der Waals surface area contributed by atoms with Gasteiger partial charge in [-0.1, -0.05) is 0 Å². The van der Waals surface area contributed by atoms with Crippen LogP contribution >= 0.6 is 11.5 Å². The first-order valence-electron chi connectivity index (χ1n) is 1.27. The van der Waals surface area contributed by atoms with Crippen molar-refractivity contribution >= 4 is 11.5 Å². The molecule has 0 atom stereocenters. The first-order valence-corrected chi connectivity index (χ1v) is 2.04. The van der Waals surface area contributed by atoms with Gasteiger partial charge in [0.25, 0.3) is 0 Å². The smallest absolute Gasteiger partial charge is 0.316 e. The molecule has 0 unspecified atom stereocenters. The van der Waals surface area contributed by atoms with Crippen LogP contribution in [0.3, 0.4) is 0 Å². The molecular formula is C3H2LiNS. The van der Waals surface area contributed by atoms with E-state index in [9.17, 15) is 0 Å². The Kier molecular flexibility index (Phi) is 3.55. The van der Waals surface area contributed by atoms with Crippen LogP contribution in [0.4, 0.5) is 0 Å². The van der Waals surface area contributed by atoms with Gasteiger partial charge in [0.1, 0.15) is 0 Å². The molecule has 0 radical (unpaired) electrons. The van der Waals surface area contributed by atoms with E-state index >= 15 is 0 Å². The van der Waals surface area contributed by atoms with Gasteiger partial charge in [-0.15, -0.1) is 6.20 Å². The molecule has 1 rings (SSSR count). The molecule has 0 N–H and O–H groups in total. The van der Waals surface area contributed by atoms with Crippen molar-refractivity contribution < 1.29 is 18.9 Å². The summed E-state index contributed by atoms with van der Waals surface area (Å²) in [7, 11) is 0. The standard InChI is InChI=1S/C3H2NS.Li/c1-2-4-5-3-1;/h1-2H;/q-1;+1. The van der Waals surface area contributed by atoms with Crippen molar-refractivity contribution in [3.05, 3.63) is 17.6 Å². The molecule has 0 aliphatic rings. The molecule has 0 amide bonds. The van der Waals surface area contributed by atoms with Crippen molar-refractivity contribution in [2.24, 2.45) is 0 Å². The quantitative estimate of drug-likeness (QED) is 0.264. The van der Waals surface area contributed by atoms with E-state index in [4.69, 9.17) is 0 Å². The Morgan fingerprint density at radius 2 is 2.50 bits per heavy atom. The topological polar surface area (TPSA) is 12.9 Å². The van der Waals surface area contributed by atoms with Crippen LogP contribution in [0.1, 0.15) is 0 Å². The van der Waals surface area contributed by atoms with E-state index in [0.717, 1.165) is 0 Å². The second-order valence-corrected chi connectivity index (χ2v) is 1.26. The average molecular weight is 91.1 g/mol. The van der Waals surface area contributed by atoms with E-state index in [1.165, 1.54) is 11.5 Å². The van der Waals surface area contributed by atoms with Gasteiger partial charge in [0, 0.05) is 0 Å². The fourth-order valence-electron chi connectivity index (χ4n) is 0.152. The Labute approximate surface area is 52.7 Å². The molecule has 1 aromatic heterocycles. The zero-order valence-electron chi connectivity index (χ0n) is 3.51. The molecule has 0 aliphatic carbocycles. The van der Waals surface area contributed by atoms with Gasteiger partial charge in [-0.25, -0.2) is 6.07 Å². The largest absolute Gasteiger partial charge is 1.00 e. The molecule has 0 bridgehead atoms. The maximum absolute atomic E-state index is 3.71. The normalized spacial score (nSPS) is 6.67. The summed E-state index contributed by atoms with van der Waals surface area (Å²) in [4.78, 5) is 0. The van der Waals surface area contributed by atoms with Crippen LogP contribution in [-0.2, 0) is 0 Å². The van der Waals surface area contributed by atoms with E-state index in [-0.39, 0.29) is 18.9 Å². The van der Waals surface area contributed by atoms with Crippen molar-refractivity contribution in [3.8, 4) is 0 Å². The van der Waals surface area contributed by atoms with Gasteiger partial charge >= 0.3 is 18.9 Å². The van der Waals surface area contributed by atoms with E-state index in [0.29, 0.717) is 0 Å². The summed E-state index contributed by atoms with van der Waals surface area (Å²) in [5.41, 5.74) is 0. The van der Waals surface area contributed by atoms with E-state index < -0.39 is 0 Å². The van der Waals surface area contributed by atoms with Crippen LogP contribution in [0.25, 0.3) is 0 Å². The summed E-state index contributed by atoms with van der Waals surface area (Å²) in [6, 6.07) is 1.78. The third-order valence-electron chi connectivity index (χ3n) is 0.309. The van der Waals surface area contributed by atoms with Gasteiger partial charge < -0.3 is 4.37 Å². The van der Waals surface area contributed by atoms with E-state index in [1.54, 1.807) is 12.3 Å². The van der Waals surface area contributed by atoms with Crippen LogP contribution in [0, 0.1) is 5.38 Å². The number of aromatic nitrogens is 1. The van der Waals surface area contributed by atoms with Crippen molar-refractivity contribution in [2.45, 2.75) is 0 Å². The van der Waals surface area contributed by atoms with Crippen LogP contribution in [0.15, 0.2) is 12.3 Å². The zero-order valence-corrected chi connectivity index (χ0v) is 4.33. The first-order chi connectivity index (χ1) is 2.50. The summed E-state index contributed by atoms with van der Waals surface area (Å²) in [5.74, 6) is 0. The maximum atomic E-state index is 3.71. The summed E-state index contributed by atoms with van der Waals surface area (Å²) in [6.07, 6.45) is 1.71. The molecule has 1 heterocycles. The average Bonchev–Trinajstić information content (AvgIpc) is 1.76. The van der Waals surface area contributed by atoms with E-state index in [2.05, 4.69) is 9.75 Å². The van der Waals surface area contributed by atoms with Crippen LogP contribution in [0.5, 0.6) is 0 Å². The minimum Gasteiger partial charge on any atom is -0.316 e. The Balaban J connectivity index is 0.000000250. The van der Waals surface area contributed by atoms with Gasteiger partial charge in [0.05, 0.1) is 0 Å². The molecule has 0 fully saturated rings. The molecule has 0 saturated heterocycles. The van der Waals surface area contributed by atoms with Crippen molar-refractivity contribution in [3.63, 3.8) is 0 Å². The molecule has 0 aliphatic heterocycles. The fraction of sp³-hybridized carbons (Fsp3) is 0. The van der Waals surface area contributed by atoms with Crippen LogP contribution in [0.2, 0.25) is 0 Å². The number of nitrogens with zero attached hydrogens (tertiary/aromatic N) is 1. The second-order valence-electron chi connectivity index (χ2n) is 0.630. The van der Waals surface area contributed by atoms with Gasteiger partial charge in [-0.05, 0) is 0 Å². The fourth-order valence-corrected chi connectivity index (χ4v) is 0.456. The summed E-state index contributed by atoms with van der Waals surface area (Å²) in [6.45, 7) is 0.